The van der Waals surface area contributed by atoms with Crippen molar-refractivity contribution in [1.82, 2.24) is 0 Å². The summed E-state index contributed by atoms with van der Waals surface area (Å²) in [6.45, 7) is 17.8. The summed E-state index contributed by atoms with van der Waals surface area (Å²) in [5.74, 6) is 1.80. The third kappa shape index (κ3) is 11.7. The molecule has 0 saturated carbocycles. The van der Waals surface area contributed by atoms with Gasteiger partial charge in [0.2, 0.25) is 0 Å². The molecule has 0 saturated heterocycles. The Kier molecular flexibility index (Phi) is 17.5. The summed E-state index contributed by atoms with van der Waals surface area (Å²) < 4.78 is 21.3. The van der Waals surface area contributed by atoms with Gasteiger partial charge in [0, 0.05) is 10.8 Å². The van der Waals surface area contributed by atoms with Gasteiger partial charge in [-0.2, -0.15) is 0 Å². The first-order chi connectivity index (χ1) is 23.7. The zero-order chi connectivity index (χ0) is 35.7. The minimum atomic E-state index is -2.27. The summed E-state index contributed by atoms with van der Waals surface area (Å²) in [6, 6.07) is 23.2. The minimum absolute atomic E-state index is 0.357. The van der Waals surface area contributed by atoms with Gasteiger partial charge in [0.05, 0.1) is 0 Å². The number of para-hydroxylation sites is 1. The normalized spacial score (nSPS) is 12.0. The van der Waals surface area contributed by atoms with Crippen molar-refractivity contribution in [2.75, 3.05) is 0 Å². The molecule has 3 aromatic carbocycles. The number of carbonyl (C=O) groups is 1. The van der Waals surface area contributed by atoms with Crippen LogP contribution in [0.2, 0.25) is 36.3 Å². The van der Waals surface area contributed by atoms with E-state index in [1.807, 2.05) is 37.3 Å². The Bertz CT molecular complexity index is 1390. The first-order valence-corrected chi connectivity index (χ1v) is 25.0. The molecule has 3 aromatic rings. The monoisotopic (exact) mass is 704 g/mol. The van der Waals surface area contributed by atoms with Crippen LogP contribution in [0.1, 0.15) is 140 Å². The number of benzene rings is 3. The Morgan fingerprint density at radius 1 is 0.551 bits per heavy atom. The van der Waals surface area contributed by atoms with E-state index in [4.69, 9.17) is 13.6 Å². The molecule has 0 heterocycles. The van der Waals surface area contributed by atoms with Gasteiger partial charge < -0.3 is 13.6 Å². The number of hydrogen-bond donors (Lipinski definition) is 0. The Morgan fingerprint density at radius 3 is 1.49 bits per heavy atom. The number of rotatable bonds is 24. The maximum atomic E-state index is 14.5. The van der Waals surface area contributed by atoms with E-state index < -0.39 is 16.6 Å². The first kappa shape index (κ1) is 40.8. The van der Waals surface area contributed by atoms with Gasteiger partial charge >= 0.3 is 5.97 Å². The molecule has 0 fully saturated rings. The quantitative estimate of drug-likeness (QED) is 0.0529. The minimum Gasteiger partial charge on any atom is -0.543 e. The van der Waals surface area contributed by atoms with Gasteiger partial charge in [-0.15, -0.1) is 0 Å². The fourth-order valence-electron chi connectivity index (χ4n) is 7.15. The number of ether oxygens (including phenoxy) is 1. The van der Waals surface area contributed by atoms with Crippen molar-refractivity contribution in [3.63, 3.8) is 0 Å². The third-order valence-corrected chi connectivity index (χ3v) is 19.2. The lowest BCUT2D eigenvalue weighted by atomic mass is 10.0. The Hall–Kier alpha value is -2.58. The lowest BCUT2D eigenvalue weighted by Crippen LogP contribution is -2.42. The van der Waals surface area contributed by atoms with Gasteiger partial charge in [-0.1, -0.05) is 154 Å². The van der Waals surface area contributed by atoms with Crippen molar-refractivity contribution >= 4 is 33.4 Å². The molecule has 0 N–H and O–H groups in total. The van der Waals surface area contributed by atoms with E-state index in [9.17, 15) is 4.79 Å². The molecule has 0 radical (unpaired) electrons. The second-order valence-electron chi connectivity index (χ2n) is 14.6. The van der Waals surface area contributed by atoms with E-state index in [0.29, 0.717) is 11.3 Å². The second kappa shape index (κ2) is 20.9. The Balaban J connectivity index is 2.34. The molecule has 49 heavy (non-hydrogen) atoms. The van der Waals surface area contributed by atoms with Gasteiger partial charge in [0.15, 0.2) is 0 Å². The number of esters is 1. The zero-order valence-corrected chi connectivity index (χ0v) is 34.5. The fourth-order valence-corrected chi connectivity index (χ4v) is 16.5. The molecule has 272 valence electrons. The predicted molar refractivity (Wildman–Crippen MR) is 216 cm³/mol. The summed E-state index contributed by atoms with van der Waals surface area (Å²) in [5.41, 5.74) is 2.64. The third-order valence-electron chi connectivity index (χ3n) is 10.3. The fraction of sp³-hybridized carbons (Fsp3) is 0.605. The number of carbonyl (C=O) groups excluding carboxylic acids is 1. The summed E-state index contributed by atoms with van der Waals surface area (Å²) in [7, 11) is -4.44. The van der Waals surface area contributed by atoms with Crippen LogP contribution in [0.4, 0.5) is 0 Å². The zero-order valence-electron chi connectivity index (χ0n) is 32.5. The molecule has 0 aliphatic carbocycles. The summed E-state index contributed by atoms with van der Waals surface area (Å²) in [4.78, 5) is 14.5. The van der Waals surface area contributed by atoms with Crippen LogP contribution in [0.15, 0.2) is 48.5 Å². The summed E-state index contributed by atoms with van der Waals surface area (Å²) in [6.07, 6.45) is 13.9. The van der Waals surface area contributed by atoms with Crippen LogP contribution in [-0.2, 0) is 0 Å². The highest BCUT2D eigenvalue weighted by Crippen LogP contribution is 2.44. The van der Waals surface area contributed by atoms with E-state index in [0.717, 1.165) is 122 Å². The van der Waals surface area contributed by atoms with Crippen LogP contribution in [0.5, 0.6) is 17.2 Å². The van der Waals surface area contributed by atoms with Gasteiger partial charge in [-0.3, -0.25) is 0 Å². The van der Waals surface area contributed by atoms with E-state index >= 15 is 0 Å². The van der Waals surface area contributed by atoms with Crippen LogP contribution < -0.4 is 13.6 Å². The van der Waals surface area contributed by atoms with Crippen LogP contribution in [-0.4, -0.2) is 22.6 Å². The van der Waals surface area contributed by atoms with Crippen LogP contribution in [0, 0.1) is 13.8 Å². The van der Waals surface area contributed by atoms with Gasteiger partial charge in [-0.05, 0) is 73.9 Å². The Morgan fingerprint density at radius 2 is 1.02 bits per heavy atom. The largest absolute Gasteiger partial charge is 0.543 e. The number of fused-ring (bicyclic) bond motifs is 1. The average Bonchev–Trinajstić information content (AvgIpc) is 3.11. The van der Waals surface area contributed by atoms with E-state index in [2.05, 4.69) is 66.7 Å². The number of aryl methyl sites for hydroxylation is 2. The molecule has 0 amide bonds. The van der Waals surface area contributed by atoms with E-state index in [1.165, 1.54) is 24.8 Å². The molecule has 0 spiro atoms. The second-order valence-corrected chi connectivity index (χ2v) is 22.8. The van der Waals surface area contributed by atoms with Gasteiger partial charge in [-0.25, -0.2) is 4.79 Å². The van der Waals surface area contributed by atoms with Crippen molar-refractivity contribution in [1.29, 1.82) is 0 Å². The van der Waals surface area contributed by atoms with Crippen molar-refractivity contribution in [2.45, 2.75) is 169 Å². The smallest absolute Gasteiger partial charge is 0.347 e. The highest BCUT2D eigenvalue weighted by atomic mass is 28.4. The first-order valence-electron chi connectivity index (χ1n) is 19.9. The molecule has 6 heteroatoms. The molecule has 0 bridgehead atoms. The molecule has 0 aliphatic rings. The highest BCUT2D eigenvalue weighted by Gasteiger charge is 2.39. The molecule has 0 aromatic heterocycles. The molecular formula is C43H68O4Si2. The topological polar surface area (TPSA) is 44.8 Å². The van der Waals surface area contributed by atoms with Crippen molar-refractivity contribution in [3.05, 3.63) is 65.2 Å². The van der Waals surface area contributed by atoms with Gasteiger partial charge in [0.25, 0.3) is 16.6 Å². The molecular weight excluding hydrogens is 637 g/mol. The predicted octanol–water partition coefficient (Wildman–Crippen LogP) is 14.1. The number of hydrogen-bond acceptors (Lipinski definition) is 4. The Labute approximate surface area is 302 Å². The van der Waals surface area contributed by atoms with Crippen LogP contribution in [0.25, 0.3) is 10.8 Å². The number of unbranched alkanes of at least 4 members (excludes halogenated alkanes) is 6. The molecule has 0 unspecified atom stereocenters. The lowest BCUT2D eigenvalue weighted by molar-refractivity contribution is 0.0731. The molecule has 0 atom stereocenters. The maximum Gasteiger partial charge on any atom is 0.347 e. The maximum absolute atomic E-state index is 14.5. The SMILES string of the molecule is CCCC[Si](CCCC)(CCCC)Oc1cc(C(=O)Oc2ccccc2C)c(O[Si](CCCC)(CCCC)CCCC)c2ccc(C)cc12. The van der Waals surface area contributed by atoms with E-state index in [1.54, 1.807) is 0 Å². The molecule has 3 rings (SSSR count). The van der Waals surface area contributed by atoms with Crippen molar-refractivity contribution in [3.8, 4) is 17.2 Å². The van der Waals surface area contributed by atoms with Crippen molar-refractivity contribution in [2.24, 2.45) is 0 Å². The van der Waals surface area contributed by atoms with Crippen molar-refractivity contribution < 1.29 is 18.4 Å². The van der Waals surface area contributed by atoms with Gasteiger partial charge in [0.1, 0.15) is 22.8 Å². The van der Waals surface area contributed by atoms with E-state index in [-0.39, 0.29) is 5.97 Å². The molecule has 4 nitrogen and oxygen atoms in total. The lowest BCUT2D eigenvalue weighted by Gasteiger charge is -2.36. The average molecular weight is 705 g/mol. The summed E-state index contributed by atoms with van der Waals surface area (Å²) >= 11 is 0. The highest BCUT2D eigenvalue weighted by molar-refractivity contribution is 6.75. The standard InChI is InChI=1S/C43H68O4Si2/c1-9-15-27-48(28-16-10-2,29-17-11-3)46-41-34-39(43(44)45-40-24-22-21-23-36(40)8)42(37-26-25-35(7)33-38(37)41)47-49(30-18-12-4,31-19-13-5)32-20-14-6/h21-26,33-34H,9-20,27-32H2,1-8H3. The molecule has 0 aliphatic heterocycles. The van der Waals surface area contributed by atoms with Crippen LogP contribution in [0.3, 0.4) is 0 Å². The van der Waals surface area contributed by atoms with Crippen LogP contribution >= 0.6 is 0 Å². The summed E-state index contributed by atoms with van der Waals surface area (Å²) in [5, 5.41) is 2.07.